The van der Waals surface area contributed by atoms with E-state index in [9.17, 15) is 4.79 Å². The predicted octanol–water partition coefficient (Wildman–Crippen LogP) is 3.31. The van der Waals surface area contributed by atoms with Crippen LogP contribution >= 0.6 is 11.3 Å². The molecule has 2 aromatic rings. The number of nitrogens with one attached hydrogen (secondary N) is 1. The second kappa shape index (κ2) is 8.05. The average molecular weight is 376 g/mol. The summed E-state index contributed by atoms with van der Waals surface area (Å²) in [4.78, 5) is 20.2. The molecule has 0 aromatic carbocycles. The molecule has 6 nitrogen and oxygen atoms in total. The number of nitrogens with zero attached hydrogens (tertiary/aromatic N) is 4. The maximum absolute atomic E-state index is 12.3. The number of hydrogen-bond donors (Lipinski definition) is 1. The summed E-state index contributed by atoms with van der Waals surface area (Å²) in [5.41, 5.74) is 0.795. The Morgan fingerprint density at radius 2 is 2.08 bits per heavy atom. The molecule has 2 fully saturated rings. The van der Waals surface area contributed by atoms with E-state index in [1.807, 2.05) is 0 Å². The minimum atomic E-state index is -0.0739. The highest BCUT2D eigenvalue weighted by Gasteiger charge is 2.27. The molecule has 1 atom stereocenters. The molecule has 1 aliphatic heterocycles. The standard InChI is InChI=1S/C19H29N5OS/c1-2-7-14-12-17(25)24-19(21-14)26-18(22-24)20-15-8-6-11-23(13-15)16-9-4-3-5-10-16/h12,15-16H,2-11,13H2,1H3,(H,20,22). The van der Waals surface area contributed by atoms with Crippen LogP contribution in [-0.2, 0) is 6.42 Å². The fourth-order valence-electron chi connectivity index (χ4n) is 4.38. The van der Waals surface area contributed by atoms with E-state index in [4.69, 9.17) is 0 Å². The normalized spacial score (nSPS) is 22.7. The fourth-order valence-corrected chi connectivity index (χ4v) is 5.28. The molecular weight excluding hydrogens is 346 g/mol. The molecule has 1 N–H and O–H groups in total. The summed E-state index contributed by atoms with van der Waals surface area (Å²) in [7, 11) is 0. The van der Waals surface area contributed by atoms with Crippen LogP contribution in [0.4, 0.5) is 5.13 Å². The number of rotatable bonds is 5. The first-order valence-electron chi connectivity index (χ1n) is 10.1. The van der Waals surface area contributed by atoms with Crippen LogP contribution in [-0.4, -0.2) is 44.7 Å². The first kappa shape index (κ1) is 17.9. The minimum Gasteiger partial charge on any atom is -0.356 e. The molecule has 0 amide bonds. The quantitative estimate of drug-likeness (QED) is 0.869. The molecule has 4 rings (SSSR count). The van der Waals surface area contributed by atoms with Gasteiger partial charge < -0.3 is 5.32 Å². The summed E-state index contributed by atoms with van der Waals surface area (Å²) in [6.07, 6.45) is 11.1. The van der Waals surface area contributed by atoms with Crippen molar-refractivity contribution in [2.45, 2.75) is 76.8 Å². The van der Waals surface area contributed by atoms with E-state index in [0.717, 1.165) is 36.3 Å². The Hall–Kier alpha value is -1.47. The second-order valence-electron chi connectivity index (χ2n) is 7.71. The lowest BCUT2D eigenvalue weighted by Crippen LogP contribution is -2.47. The lowest BCUT2D eigenvalue weighted by Gasteiger charge is -2.40. The van der Waals surface area contributed by atoms with Gasteiger partial charge in [0.05, 0.1) is 0 Å². The Morgan fingerprint density at radius 1 is 1.23 bits per heavy atom. The van der Waals surface area contributed by atoms with Gasteiger partial charge in [-0.05, 0) is 38.6 Å². The van der Waals surface area contributed by atoms with Crippen molar-refractivity contribution in [1.29, 1.82) is 0 Å². The summed E-state index contributed by atoms with van der Waals surface area (Å²) < 4.78 is 1.44. The lowest BCUT2D eigenvalue weighted by atomic mass is 9.92. The third kappa shape index (κ3) is 3.93. The van der Waals surface area contributed by atoms with Crippen LogP contribution in [0.1, 0.15) is 64.0 Å². The van der Waals surface area contributed by atoms with Crippen LogP contribution in [0.5, 0.6) is 0 Å². The zero-order valence-electron chi connectivity index (χ0n) is 15.6. The molecule has 0 bridgehead atoms. The second-order valence-corrected chi connectivity index (χ2v) is 8.66. The number of aryl methyl sites for hydroxylation is 1. The predicted molar refractivity (Wildman–Crippen MR) is 106 cm³/mol. The monoisotopic (exact) mass is 375 g/mol. The summed E-state index contributed by atoms with van der Waals surface area (Å²) >= 11 is 1.49. The van der Waals surface area contributed by atoms with Crippen molar-refractivity contribution >= 4 is 21.4 Å². The van der Waals surface area contributed by atoms with Gasteiger partial charge in [0.2, 0.25) is 10.1 Å². The molecule has 142 valence electrons. The molecule has 1 unspecified atom stereocenters. The molecule has 0 spiro atoms. The van der Waals surface area contributed by atoms with E-state index >= 15 is 0 Å². The van der Waals surface area contributed by atoms with Crippen LogP contribution < -0.4 is 10.9 Å². The summed E-state index contributed by atoms with van der Waals surface area (Å²) in [5, 5.41) is 8.88. The maximum Gasteiger partial charge on any atom is 0.275 e. The first-order valence-corrected chi connectivity index (χ1v) is 10.9. The highest BCUT2D eigenvalue weighted by molar-refractivity contribution is 7.20. The van der Waals surface area contributed by atoms with Crippen molar-refractivity contribution in [3.63, 3.8) is 0 Å². The molecule has 2 aliphatic rings. The van der Waals surface area contributed by atoms with E-state index in [2.05, 4.69) is 27.2 Å². The van der Waals surface area contributed by atoms with Crippen molar-refractivity contribution in [3.8, 4) is 0 Å². The topological polar surface area (TPSA) is 62.5 Å². The van der Waals surface area contributed by atoms with Crippen LogP contribution in [0.15, 0.2) is 10.9 Å². The molecule has 1 aliphatic carbocycles. The van der Waals surface area contributed by atoms with E-state index in [1.54, 1.807) is 6.07 Å². The molecule has 7 heteroatoms. The van der Waals surface area contributed by atoms with Gasteiger partial charge in [-0.3, -0.25) is 9.69 Å². The Labute approximate surface area is 158 Å². The molecule has 1 saturated carbocycles. The van der Waals surface area contributed by atoms with Crippen molar-refractivity contribution < 1.29 is 0 Å². The summed E-state index contributed by atoms with van der Waals surface area (Å²) in [6.45, 7) is 4.42. The smallest absolute Gasteiger partial charge is 0.275 e. The zero-order valence-corrected chi connectivity index (χ0v) is 16.4. The Kier molecular flexibility index (Phi) is 5.55. The van der Waals surface area contributed by atoms with Gasteiger partial charge in [0.1, 0.15) is 0 Å². The van der Waals surface area contributed by atoms with E-state index in [-0.39, 0.29) is 5.56 Å². The molecule has 1 saturated heterocycles. The number of aromatic nitrogens is 3. The Bertz CT molecular complexity index is 795. The number of anilines is 1. The third-order valence-electron chi connectivity index (χ3n) is 5.68. The van der Waals surface area contributed by atoms with E-state index in [1.165, 1.54) is 67.3 Å². The Morgan fingerprint density at radius 3 is 2.88 bits per heavy atom. The van der Waals surface area contributed by atoms with Crippen molar-refractivity contribution in [3.05, 3.63) is 22.1 Å². The van der Waals surface area contributed by atoms with Gasteiger partial charge in [0.15, 0.2) is 0 Å². The van der Waals surface area contributed by atoms with Crippen LogP contribution in [0.25, 0.3) is 4.96 Å². The zero-order chi connectivity index (χ0) is 17.9. The third-order valence-corrected chi connectivity index (χ3v) is 6.52. The number of likely N-dealkylation sites (tertiary alicyclic amines) is 1. The van der Waals surface area contributed by atoms with E-state index < -0.39 is 0 Å². The number of fused-ring (bicyclic) bond motifs is 1. The highest BCUT2D eigenvalue weighted by atomic mass is 32.1. The van der Waals surface area contributed by atoms with Crippen molar-refractivity contribution in [2.75, 3.05) is 18.4 Å². The highest BCUT2D eigenvalue weighted by Crippen LogP contribution is 2.27. The maximum atomic E-state index is 12.3. The number of piperidine rings is 1. The van der Waals surface area contributed by atoms with Gasteiger partial charge in [0, 0.05) is 30.4 Å². The first-order chi connectivity index (χ1) is 12.7. The minimum absolute atomic E-state index is 0.0739. The largest absolute Gasteiger partial charge is 0.356 e. The molecule has 0 radical (unpaired) electrons. The van der Waals surface area contributed by atoms with Crippen molar-refractivity contribution in [2.24, 2.45) is 0 Å². The van der Waals surface area contributed by atoms with Gasteiger partial charge in [-0.15, -0.1) is 5.10 Å². The SMILES string of the molecule is CCCc1cc(=O)n2nc(NC3CCCN(C4CCCCC4)C3)sc2n1. The van der Waals surface area contributed by atoms with Gasteiger partial charge in [0.25, 0.3) is 5.56 Å². The van der Waals surface area contributed by atoms with E-state index in [0.29, 0.717) is 11.0 Å². The van der Waals surface area contributed by atoms with Crippen molar-refractivity contribution in [1.82, 2.24) is 19.5 Å². The van der Waals surface area contributed by atoms with Gasteiger partial charge >= 0.3 is 0 Å². The Balaban J connectivity index is 1.46. The summed E-state index contributed by atoms with van der Waals surface area (Å²) in [6, 6.07) is 2.80. The van der Waals surface area contributed by atoms with Crippen LogP contribution in [0.3, 0.4) is 0 Å². The molecular formula is C19H29N5OS. The molecule has 2 aromatic heterocycles. The fraction of sp³-hybridized carbons (Fsp3) is 0.737. The average Bonchev–Trinajstić information content (AvgIpc) is 3.06. The van der Waals surface area contributed by atoms with Crippen LogP contribution in [0.2, 0.25) is 0 Å². The van der Waals surface area contributed by atoms with Gasteiger partial charge in [-0.25, -0.2) is 4.98 Å². The summed E-state index contributed by atoms with van der Waals surface area (Å²) in [5.74, 6) is 0. The number of hydrogen-bond acceptors (Lipinski definition) is 6. The van der Waals surface area contributed by atoms with Gasteiger partial charge in [-0.1, -0.05) is 43.9 Å². The molecule has 26 heavy (non-hydrogen) atoms. The lowest BCUT2D eigenvalue weighted by molar-refractivity contribution is 0.124. The van der Waals surface area contributed by atoms with Gasteiger partial charge in [-0.2, -0.15) is 4.52 Å². The molecule has 3 heterocycles. The van der Waals surface area contributed by atoms with Crippen LogP contribution in [0, 0.1) is 0 Å².